The van der Waals surface area contributed by atoms with Crippen LogP contribution in [0.4, 0.5) is 5.82 Å². The Balaban J connectivity index is 1.83. The highest BCUT2D eigenvalue weighted by Crippen LogP contribution is 2.66. The molecule has 20 heteroatoms. The van der Waals surface area contributed by atoms with Crippen LogP contribution in [-0.2, 0) is 26.8 Å². The Bertz CT molecular complexity index is 1290. The Labute approximate surface area is 184 Å². The summed E-state index contributed by atoms with van der Waals surface area (Å²) in [5, 5.41) is 20.3. The topological polar surface area (TPSA) is 273 Å². The van der Waals surface area contributed by atoms with Crippen molar-refractivity contribution < 1.29 is 51.5 Å². The quantitative estimate of drug-likeness (QED) is 0.197. The fourth-order valence-electron chi connectivity index (χ4n) is 3.30. The first-order chi connectivity index (χ1) is 15.1. The van der Waals surface area contributed by atoms with Crippen LogP contribution < -0.4 is 5.73 Å². The van der Waals surface area contributed by atoms with Gasteiger partial charge in [0, 0.05) is 0 Å². The minimum atomic E-state index is -5.75. The van der Waals surface area contributed by atoms with Crippen LogP contribution in [0.1, 0.15) is 12.5 Å². The molecule has 2 aromatic heterocycles. The highest BCUT2D eigenvalue weighted by atomic mass is 31.3. The Hall–Kier alpha value is -2.05. The second-order valence-corrected chi connectivity index (χ2v) is 11.2. The largest absolute Gasteiger partial charge is 0.490 e. The zero-order chi connectivity index (χ0) is 24.8. The summed E-state index contributed by atoms with van der Waals surface area (Å²) in [6.45, 7) is 2.74. The molecular weight excluding hydrogens is 509 g/mol. The van der Waals surface area contributed by atoms with Gasteiger partial charge < -0.3 is 35.0 Å². The number of nitrogens with two attached hydrogens (primary N) is 1. The molecular formula is C13H17N6O11P3. The van der Waals surface area contributed by atoms with E-state index in [1.807, 2.05) is 0 Å². The summed E-state index contributed by atoms with van der Waals surface area (Å²) in [5.41, 5.74) is 4.29. The van der Waals surface area contributed by atoms with Crippen LogP contribution in [-0.4, -0.2) is 56.9 Å². The Morgan fingerprint density at radius 2 is 1.88 bits per heavy atom. The molecule has 2 aromatic rings. The van der Waals surface area contributed by atoms with Crippen molar-refractivity contribution in [3.8, 4) is 6.07 Å². The van der Waals surface area contributed by atoms with Gasteiger partial charge in [0.2, 0.25) is 0 Å². The molecule has 0 aromatic carbocycles. The van der Waals surface area contributed by atoms with E-state index in [4.69, 9.17) is 15.5 Å². The minimum Gasteiger partial charge on any atom is -0.391 e. The molecule has 5 atom stereocenters. The van der Waals surface area contributed by atoms with Crippen LogP contribution in [0.15, 0.2) is 24.8 Å². The molecule has 180 valence electrons. The molecule has 1 aliphatic carbocycles. The molecule has 1 aliphatic rings. The number of phosphoric acid groups is 3. The van der Waals surface area contributed by atoms with Gasteiger partial charge in [-0.05, 0) is 12.0 Å². The van der Waals surface area contributed by atoms with Crippen molar-refractivity contribution in [1.29, 1.82) is 5.26 Å². The van der Waals surface area contributed by atoms with Crippen LogP contribution in [0.25, 0.3) is 11.2 Å². The normalized spacial score (nSPS) is 27.2. The molecule has 0 bridgehead atoms. The zero-order valence-electron chi connectivity index (χ0n) is 16.3. The van der Waals surface area contributed by atoms with Crippen LogP contribution >= 0.6 is 23.5 Å². The number of hydrogen-bond acceptors (Lipinski definition) is 12. The summed E-state index contributed by atoms with van der Waals surface area (Å²) in [5.74, 6) is 0.0853. The Morgan fingerprint density at radius 1 is 1.21 bits per heavy atom. The van der Waals surface area contributed by atoms with E-state index < -0.39 is 47.6 Å². The van der Waals surface area contributed by atoms with Gasteiger partial charge in [0.05, 0.1) is 31.1 Å². The average molecular weight is 526 g/mol. The number of hydrogen-bond donors (Lipinski definition) is 6. The predicted octanol–water partition coefficient (Wildman–Crippen LogP) is 0.124. The standard InChI is InChI=1S/C13H17N6O11P3/c1-7-8(19-6-18-10-11(15)16-5-17-12(10)19)2-9(20)13(7,3-14)4-28-32(24,25)30-33(26,27)29-31(21,22)23/h5-6,8-9,20H,1-2,4H2,(H,24,25)(H,26,27)(H2,15,16,17)(H2,21,22,23)/t8-,9-,13-/m0/s1. The number of aliphatic hydroxyl groups excluding tert-OH is 1. The minimum absolute atomic E-state index is 0.0210. The summed E-state index contributed by atoms with van der Waals surface area (Å²) in [6.07, 6.45) is 0.885. The lowest BCUT2D eigenvalue weighted by Gasteiger charge is -2.27. The molecule has 33 heavy (non-hydrogen) atoms. The van der Waals surface area contributed by atoms with E-state index in [2.05, 4.69) is 34.7 Å². The molecule has 0 amide bonds. The van der Waals surface area contributed by atoms with Gasteiger partial charge in [0.25, 0.3) is 0 Å². The third kappa shape index (κ3) is 5.22. The Morgan fingerprint density at radius 3 is 2.48 bits per heavy atom. The first-order valence-electron chi connectivity index (χ1n) is 8.61. The summed E-state index contributed by atoms with van der Waals surface area (Å²) in [4.78, 5) is 48.0. The lowest BCUT2D eigenvalue weighted by atomic mass is 9.83. The zero-order valence-corrected chi connectivity index (χ0v) is 19.0. The molecule has 0 saturated heterocycles. The smallest absolute Gasteiger partial charge is 0.391 e. The fraction of sp³-hybridized carbons (Fsp3) is 0.385. The first-order valence-corrected chi connectivity index (χ1v) is 13.1. The van der Waals surface area contributed by atoms with Gasteiger partial charge in [-0.25, -0.2) is 28.6 Å². The number of phosphoric ester groups is 1. The molecule has 0 radical (unpaired) electrons. The van der Waals surface area contributed by atoms with Crippen molar-refractivity contribution in [2.75, 3.05) is 12.3 Å². The van der Waals surface area contributed by atoms with Crippen molar-refractivity contribution in [2.45, 2.75) is 18.6 Å². The van der Waals surface area contributed by atoms with Gasteiger partial charge in [-0.3, -0.25) is 4.52 Å². The summed E-state index contributed by atoms with van der Waals surface area (Å²) in [6, 6.07) is 0.973. The monoisotopic (exact) mass is 526 g/mol. The number of rotatable bonds is 8. The lowest BCUT2D eigenvalue weighted by molar-refractivity contribution is 0.0581. The maximum atomic E-state index is 12.0. The summed E-state index contributed by atoms with van der Waals surface area (Å²) < 4.78 is 47.5. The van der Waals surface area contributed by atoms with Gasteiger partial charge in [0.1, 0.15) is 17.3 Å². The van der Waals surface area contributed by atoms with Crippen molar-refractivity contribution in [2.24, 2.45) is 5.41 Å². The fourth-order valence-corrected chi connectivity index (χ4v) is 6.36. The number of nitrogen functional groups attached to an aromatic ring is 1. The van der Waals surface area contributed by atoms with Crippen molar-refractivity contribution in [3.05, 3.63) is 24.8 Å². The molecule has 17 nitrogen and oxygen atoms in total. The van der Waals surface area contributed by atoms with E-state index in [0.29, 0.717) is 0 Å². The van der Waals surface area contributed by atoms with Gasteiger partial charge in [-0.15, -0.1) is 0 Å². The van der Waals surface area contributed by atoms with Crippen molar-refractivity contribution in [3.63, 3.8) is 0 Å². The average Bonchev–Trinajstić information content (AvgIpc) is 3.18. The highest BCUT2D eigenvalue weighted by Gasteiger charge is 2.53. The van der Waals surface area contributed by atoms with E-state index in [1.165, 1.54) is 17.2 Å². The van der Waals surface area contributed by atoms with E-state index in [-0.39, 0.29) is 29.0 Å². The van der Waals surface area contributed by atoms with Crippen LogP contribution in [0.3, 0.4) is 0 Å². The molecule has 3 rings (SSSR count). The van der Waals surface area contributed by atoms with Gasteiger partial charge in [-0.2, -0.15) is 13.9 Å². The molecule has 0 spiro atoms. The van der Waals surface area contributed by atoms with E-state index in [0.717, 1.165) is 0 Å². The highest BCUT2D eigenvalue weighted by molar-refractivity contribution is 7.66. The number of anilines is 1. The molecule has 7 N–H and O–H groups in total. The number of fused-ring (bicyclic) bond motifs is 1. The molecule has 2 unspecified atom stereocenters. The maximum Gasteiger partial charge on any atom is 0.490 e. The van der Waals surface area contributed by atoms with Gasteiger partial charge in [0.15, 0.2) is 11.5 Å². The SMILES string of the molecule is C=C1[C@@H](n2cnc3c(N)ncnc32)C[C@H](O)[C@@]1(C#N)COP(=O)(O)OP(=O)(O)OP(=O)(O)O. The third-order valence-corrected chi connectivity index (χ3v) is 8.57. The van der Waals surface area contributed by atoms with Crippen molar-refractivity contribution >= 4 is 40.4 Å². The third-order valence-electron chi connectivity index (χ3n) is 4.78. The summed E-state index contributed by atoms with van der Waals surface area (Å²) >= 11 is 0. The number of nitrogens with zero attached hydrogens (tertiary/aromatic N) is 5. The number of imidazole rings is 1. The summed E-state index contributed by atoms with van der Waals surface area (Å²) in [7, 11) is -16.8. The number of nitriles is 1. The predicted molar refractivity (Wildman–Crippen MR) is 106 cm³/mol. The van der Waals surface area contributed by atoms with Crippen molar-refractivity contribution in [1.82, 2.24) is 19.5 Å². The van der Waals surface area contributed by atoms with Crippen LogP contribution in [0.2, 0.25) is 0 Å². The van der Waals surface area contributed by atoms with Crippen LogP contribution in [0.5, 0.6) is 0 Å². The van der Waals surface area contributed by atoms with Gasteiger partial charge >= 0.3 is 23.5 Å². The second-order valence-electron chi connectivity index (χ2n) is 6.82. The van der Waals surface area contributed by atoms with E-state index >= 15 is 0 Å². The molecule has 1 saturated carbocycles. The number of aliphatic hydroxyl groups is 1. The molecule has 2 heterocycles. The molecule has 1 fully saturated rings. The maximum absolute atomic E-state index is 12.0. The van der Waals surface area contributed by atoms with E-state index in [9.17, 15) is 33.9 Å². The Kier molecular flexibility index (Phi) is 6.68. The second kappa shape index (κ2) is 8.62. The van der Waals surface area contributed by atoms with Gasteiger partial charge in [-0.1, -0.05) is 6.58 Å². The number of aromatic nitrogens is 4. The lowest BCUT2D eigenvalue weighted by Crippen LogP contribution is -2.34. The molecule has 0 aliphatic heterocycles. The van der Waals surface area contributed by atoms with E-state index in [1.54, 1.807) is 6.07 Å². The first kappa shape index (κ1) is 25.6. The van der Waals surface area contributed by atoms with Crippen LogP contribution in [0, 0.1) is 16.7 Å².